The highest BCUT2D eigenvalue weighted by Gasteiger charge is 2.11. The van der Waals surface area contributed by atoms with Crippen molar-refractivity contribution in [3.63, 3.8) is 0 Å². The van der Waals surface area contributed by atoms with Gasteiger partial charge in [0.15, 0.2) is 0 Å². The second kappa shape index (κ2) is 4.84. The van der Waals surface area contributed by atoms with Gasteiger partial charge in [-0.15, -0.1) is 0 Å². The fourth-order valence-electron chi connectivity index (χ4n) is 1.28. The van der Waals surface area contributed by atoms with Gasteiger partial charge < -0.3 is 16.0 Å². The number of hydrogen-bond donors (Lipinski definition) is 3. The average molecular weight is 252 g/mol. The average Bonchev–Trinajstić information content (AvgIpc) is 2.82. The zero-order chi connectivity index (χ0) is 12.3. The molecule has 0 fully saturated rings. The molecule has 0 spiro atoms. The number of aromatic nitrogens is 3. The van der Waals surface area contributed by atoms with Crippen molar-refractivity contribution in [2.24, 2.45) is 0 Å². The second-order valence-corrected chi connectivity index (χ2v) is 3.71. The van der Waals surface area contributed by atoms with Crippen LogP contribution in [0.3, 0.4) is 0 Å². The van der Waals surface area contributed by atoms with E-state index in [0.717, 1.165) is 0 Å². The number of nitrogens with zero attached hydrogens (tertiary/aromatic N) is 2. The quantitative estimate of drug-likeness (QED) is 0.757. The molecule has 0 radical (unpaired) electrons. The van der Waals surface area contributed by atoms with Gasteiger partial charge >= 0.3 is 0 Å². The van der Waals surface area contributed by atoms with Gasteiger partial charge in [-0.25, -0.2) is 9.97 Å². The molecule has 0 aromatic carbocycles. The summed E-state index contributed by atoms with van der Waals surface area (Å²) in [5, 5.41) is 2.93. The molecule has 7 heteroatoms. The maximum Gasteiger partial charge on any atom is 0.253 e. The monoisotopic (exact) mass is 251 g/mol. The van der Waals surface area contributed by atoms with Crippen molar-refractivity contribution in [1.29, 1.82) is 0 Å². The van der Waals surface area contributed by atoms with Crippen molar-refractivity contribution in [2.45, 2.75) is 6.54 Å². The van der Waals surface area contributed by atoms with Crippen LogP contribution >= 0.6 is 11.6 Å². The van der Waals surface area contributed by atoms with Crippen LogP contribution in [0, 0.1) is 0 Å². The molecule has 6 nitrogen and oxygen atoms in total. The lowest BCUT2D eigenvalue weighted by atomic mass is 10.2. The third-order valence-corrected chi connectivity index (χ3v) is 2.39. The van der Waals surface area contributed by atoms with Crippen LogP contribution in [0.5, 0.6) is 0 Å². The first-order chi connectivity index (χ1) is 8.16. The van der Waals surface area contributed by atoms with Gasteiger partial charge in [0.1, 0.15) is 11.6 Å². The molecule has 2 rings (SSSR count). The van der Waals surface area contributed by atoms with E-state index in [1.807, 2.05) is 0 Å². The molecule has 0 bridgehead atoms. The van der Waals surface area contributed by atoms with E-state index in [-0.39, 0.29) is 16.7 Å². The molecule has 0 aliphatic rings. The SMILES string of the molecule is Nc1cc(C(=O)NCc2ncc[nH]2)c(Cl)cn1. The third kappa shape index (κ3) is 2.73. The van der Waals surface area contributed by atoms with Crippen molar-refractivity contribution in [2.75, 3.05) is 5.73 Å². The Hall–Kier alpha value is -2.08. The van der Waals surface area contributed by atoms with E-state index in [0.29, 0.717) is 17.9 Å². The third-order valence-electron chi connectivity index (χ3n) is 2.09. The summed E-state index contributed by atoms with van der Waals surface area (Å²) in [5.41, 5.74) is 5.78. The lowest BCUT2D eigenvalue weighted by Gasteiger charge is -2.05. The number of carbonyl (C=O) groups excluding carboxylic acids is 1. The van der Waals surface area contributed by atoms with E-state index in [1.54, 1.807) is 12.4 Å². The van der Waals surface area contributed by atoms with Crippen molar-refractivity contribution in [1.82, 2.24) is 20.3 Å². The summed E-state index contributed by atoms with van der Waals surface area (Å²) in [6.45, 7) is 0.296. The minimum absolute atomic E-state index is 0.248. The van der Waals surface area contributed by atoms with Crippen LogP contribution in [0.25, 0.3) is 0 Å². The molecule has 17 heavy (non-hydrogen) atoms. The number of H-pyrrole nitrogens is 1. The Morgan fingerprint density at radius 2 is 2.35 bits per heavy atom. The van der Waals surface area contributed by atoms with Crippen molar-refractivity contribution < 1.29 is 4.79 Å². The van der Waals surface area contributed by atoms with Gasteiger partial charge in [0.25, 0.3) is 5.91 Å². The molecular weight excluding hydrogens is 242 g/mol. The molecule has 0 aliphatic heterocycles. The zero-order valence-electron chi connectivity index (χ0n) is 8.77. The van der Waals surface area contributed by atoms with Crippen molar-refractivity contribution >= 4 is 23.3 Å². The Bertz CT molecular complexity index is 525. The molecular formula is C10H10ClN5O. The van der Waals surface area contributed by atoms with Crippen LogP contribution in [0.4, 0.5) is 5.82 Å². The number of pyridine rings is 1. The number of halogens is 1. The number of hydrogen-bond acceptors (Lipinski definition) is 4. The van der Waals surface area contributed by atoms with E-state index >= 15 is 0 Å². The van der Waals surface area contributed by atoms with Crippen LogP contribution in [-0.2, 0) is 6.54 Å². The Balaban J connectivity index is 2.07. The normalized spacial score (nSPS) is 10.2. The zero-order valence-corrected chi connectivity index (χ0v) is 9.53. The summed E-state index contributed by atoms with van der Waals surface area (Å²) in [7, 11) is 0. The van der Waals surface area contributed by atoms with Crippen molar-refractivity contribution in [3.8, 4) is 0 Å². The standard InChI is InChI=1S/C10H10ClN5O/c11-7-4-15-8(12)3-6(7)10(17)16-5-9-13-1-2-14-9/h1-4H,5H2,(H2,12,15)(H,13,14)(H,16,17). The highest BCUT2D eigenvalue weighted by molar-refractivity contribution is 6.33. The van der Waals surface area contributed by atoms with E-state index in [4.69, 9.17) is 17.3 Å². The Kier molecular flexibility index (Phi) is 3.24. The molecule has 0 unspecified atom stereocenters. The minimum atomic E-state index is -0.319. The van der Waals surface area contributed by atoms with Gasteiger partial charge in [-0.1, -0.05) is 11.6 Å². The number of nitrogens with one attached hydrogen (secondary N) is 2. The van der Waals surface area contributed by atoms with E-state index < -0.39 is 0 Å². The summed E-state index contributed by atoms with van der Waals surface area (Å²) in [5.74, 6) is 0.592. The maximum absolute atomic E-state index is 11.8. The summed E-state index contributed by atoms with van der Waals surface area (Å²) in [6, 6.07) is 1.43. The van der Waals surface area contributed by atoms with Gasteiger partial charge in [-0.05, 0) is 6.07 Å². The maximum atomic E-state index is 11.8. The van der Waals surface area contributed by atoms with Gasteiger partial charge in [-0.2, -0.15) is 0 Å². The van der Waals surface area contributed by atoms with Crippen LogP contribution in [0.15, 0.2) is 24.7 Å². The number of nitrogens with two attached hydrogens (primary N) is 1. The predicted molar refractivity (Wildman–Crippen MR) is 63.4 cm³/mol. The Morgan fingerprint density at radius 1 is 1.53 bits per heavy atom. The lowest BCUT2D eigenvalue weighted by Crippen LogP contribution is -2.24. The first kappa shape index (κ1) is 11.4. The number of carbonyl (C=O) groups is 1. The molecule has 0 saturated carbocycles. The van der Waals surface area contributed by atoms with Crippen molar-refractivity contribution in [3.05, 3.63) is 41.1 Å². The second-order valence-electron chi connectivity index (χ2n) is 3.31. The lowest BCUT2D eigenvalue weighted by molar-refractivity contribution is 0.0950. The van der Waals surface area contributed by atoms with Gasteiger partial charge in [-0.3, -0.25) is 4.79 Å². The molecule has 0 atom stereocenters. The summed E-state index contributed by atoms with van der Waals surface area (Å²) < 4.78 is 0. The fourth-order valence-corrected chi connectivity index (χ4v) is 1.47. The predicted octanol–water partition coefficient (Wildman–Crippen LogP) is 0.970. The van der Waals surface area contributed by atoms with Crippen LogP contribution in [0.1, 0.15) is 16.2 Å². The van der Waals surface area contributed by atoms with Gasteiger partial charge in [0.2, 0.25) is 0 Å². The van der Waals surface area contributed by atoms with Gasteiger partial charge in [0, 0.05) is 18.6 Å². The highest BCUT2D eigenvalue weighted by Crippen LogP contribution is 2.16. The van der Waals surface area contributed by atoms with Crippen LogP contribution in [0.2, 0.25) is 5.02 Å². The van der Waals surface area contributed by atoms with E-state index in [1.165, 1.54) is 12.3 Å². The molecule has 88 valence electrons. The molecule has 2 aromatic rings. The molecule has 0 aliphatic carbocycles. The van der Waals surface area contributed by atoms with Gasteiger partial charge in [0.05, 0.1) is 17.1 Å². The number of aromatic amines is 1. The Morgan fingerprint density at radius 3 is 3.06 bits per heavy atom. The van der Waals surface area contributed by atoms with Crippen LogP contribution < -0.4 is 11.1 Å². The summed E-state index contributed by atoms with van der Waals surface area (Å²) in [6.07, 6.45) is 4.64. The first-order valence-electron chi connectivity index (χ1n) is 4.84. The van der Waals surface area contributed by atoms with E-state index in [2.05, 4.69) is 20.3 Å². The molecule has 4 N–H and O–H groups in total. The smallest absolute Gasteiger partial charge is 0.253 e. The summed E-state index contributed by atoms with van der Waals surface area (Å²) >= 11 is 5.85. The number of rotatable bonds is 3. The molecule has 0 saturated heterocycles. The first-order valence-corrected chi connectivity index (χ1v) is 5.22. The largest absolute Gasteiger partial charge is 0.384 e. The molecule has 2 heterocycles. The summed E-state index contributed by atoms with van der Waals surface area (Å²) in [4.78, 5) is 22.4. The molecule has 2 aromatic heterocycles. The van der Waals surface area contributed by atoms with Crippen LogP contribution in [-0.4, -0.2) is 20.9 Å². The van der Waals surface area contributed by atoms with E-state index in [9.17, 15) is 4.79 Å². The minimum Gasteiger partial charge on any atom is -0.384 e. The number of amides is 1. The topological polar surface area (TPSA) is 96.7 Å². The fraction of sp³-hybridized carbons (Fsp3) is 0.100. The number of anilines is 1. The molecule has 1 amide bonds. The number of nitrogen functional groups attached to an aromatic ring is 1. The number of imidazole rings is 1. The highest BCUT2D eigenvalue weighted by atomic mass is 35.5. The Labute approximate surface area is 102 Å².